The fourth-order valence-corrected chi connectivity index (χ4v) is 2.57. The van der Waals surface area contributed by atoms with Gasteiger partial charge in [0, 0.05) is 45.5 Å². The predicted molar refractivity (Wildman–Crippen MR) is 78.0 cm³/mol. The first-order valence-corrected chi connectivity index (χ1v) is 7.02. The average Bonchev–Trinajstić information content (AvgIpc) is 2.49. The SMILES string of the molecule is CN1CCN(c2ncccc2C2=NCCCN2)CC1. The van der Waals surface area contributed by atoms with E-state index in [9.17, 15) is 0 Å². The quantitative estimate of drug-likeness (QED) is 0.843. The molecule has 3 rings (SSSR count). The molecule has 1 aromatic heterocycles. The van der Waals surface area contributed by atoms with Crippen LogP contribution in [-0.4, -0.2) is 62.0 Å². The molecule has 1 fully saturated rings. The highest BCUT2D eigenvalue weighted by Gasteiger charge is 2.20. The van der Waals surface area contributed by atoms with E-state index in [-0.39, 0.29) is 0 Å². The van der Waals surface area contributed by atoms with Gasteiger partial charge in [0.25, 0.3) is 0 Å². The number of amidine groups is 1. The number of hydrogen-bond donors (Lipinski definition) is 1. The van der Waals surface area contributed by atoms with Crippen LogP contribution in [-0.2, 0) is 0 Å². The summed E-state index contributed by atoms with van der Waals surface area (Å²) >= 11 is 0. The lowest BCUT2D eigenvalue weighted by Gasteiger charge is -2.34. The lowest BCUT2D eigenvalue weighted by atomic mass is 10.1. The van der Waals surface area contributed by atoms with Crippen molar-refractivity contribution in [3.8, 4) is 0 Å². The van der Waals surface area contributed by atoms with Crippen LogP contribution >= 0.6 is 0 Å². The molecule has 19 heavy (non-hydrogen) atoms. The molecule has 0 bridgehead atoms. The van der Waals surface area contributed by atoms with Crippen molar-refractivity contribution in [1.82, 2.24) is 15.2 Å². The van der Waals surface area contributed by atoms with Crippen molar-refractivity contribution in [1.29, 1.82) is 0 Å². The van der Waals surface area contributed by atoms with Gasteiger partial charge in [-0.3, -0.25) is 4.99 Å². The Morgan fingerprint density at radius 1 is 1.21 bits per heavy atom. The molecule has 102 valence electrons. The third kappa shape index (κ3) is 2.71. The normalized spacial score (nSPS) is 20.9. The van der Waals surface area contributed by atoms with E-state index in [1.807, 2.05) is 12.3 Å². The molecular formula is C14H21N5. The van der Waals surface area contributed by atoms with Gasteiger partial charge in [-0.15, -0.1) is 0 Å². The van der Waals surface area contributed by atoms with Crippen LogP contribution in [0.4, 0.5) is 5.82 Å². The number of likely N-dealkylation sites (N-methyl/N-ethyl adjacent to an activating group) is 1. The van der Waals surface area contributed by atoms with Crippen LogP contribution in [0.2, 0.25) is 0 Å². The molecular weight excluding hydrogens is 238 g/mol. The first kappa shape index (κ1) is 12.4. The fourth-order valence-electron chi connectivity index (χ4n) is 2.57. The maximum Gasteiger partial charge on any atom is 0.139 e. The largest absolute Gasteiger partial charge is 0.370 e. The van der Waals surface area contributed by atoms with Crippen LogP contribution in [0.1, 0.15) is 12.0 Å². The van der Waals surface area contributed by atoms with Crippen LogP contribution in [0.15, 0.2) is 23.3 Å². The van der Waals surface area contributed by atoms with E-state index in [4.69, 9.17) is 0 Å². The van der Waals surface area contributed by atoms with E-state index in [2.05, 4.69) is 38.2 Å². The minimum absolute atomic E-state index is 0.916. The summed E-state index contributed by atoms with van der Waals surface area (Å²) in [5.41, 5.74) is 1.15. The van der Waals surface area contributed by atoms with Gasteiger partial charge in [-0.05, 0) is 25.6 Å². The number of piperazine rings is 1. The molecule has 3 heterocycles. The zero-order valence-electron chi connectivity index (χ0n) is 11.5. The molecule has 5 nitrogen and oxygen atoms in total. The minimum atomic E-state index is 0.916. The van der Waals surface area contributed by atoms with Gasteiger partial charge in [0.2, 0.25) is 0 Å². The summed E-state index contributed by atoms with van der Waals surface area (Å²) < 4.78 is 0. The van der Waals surface area contributed by atoms with Crippen molar-refractivity contribution < 1.29 is 0 Å². The van der Waals surface area contributed by atoms with Gasteiger partial charge >= 0.3 is 0 Å². The van der Waals surface area contributed by atoms with Crippen LogP contribution in [0.25, 0.3) is 0 Å². The third-order valence-electron chi connectivity index (χ3n) is 3.74. The van der Waals surface area contributed by atoms with Crippen molar-refractivity contribution in [2.45, 2.75) is 6.42 Å². The summed E-state index contributed by atoms with van der Waals surface area (Å²) in [6.45, 7) is 6.18. The number of anilines is 1. The molecule has 0 radical (unpaired) electrons. The highest BCUT2D eigenvalue weighted by Crippen LogP contribution is 2.19. The first-order valence-electron chi connectivity index (χ1n) is 7.02. The van der Waals surface area contributed by atoms with E-state index in [0.717, 1.165) is 62.9 Å². The standard InChI is InChI=1S/C14H21N5/c1-18-8-10-19(11-9-18)14-12(4-2-5-17-14)13-15-6-3-7-16-13/h2,4-5H,3,6-11H2,1H3,(H,15,16). The van der Waals surface area contributed by atoms with Crippen molar-refractivity contribution in [3.05, 3.63) is 23.9 Å². The molecule has 0 unspecified atom stereocenters. The summed E-state index contributed by atoms with van der Waals surface area (Å²) in [4.78, 5) is 13.9. The van der Waals surface area contributed by atoms with Gasteiger partial charge in [-0.25, -0.2) is 4.98 Å². The maximum absolute atomic E-state index is 4.60. The molecule has 0 spiro atoms. The molecule has 0 amide bonds. The molecule has 1 saturated heterocycles. The van der Waals surface area contributed by atoms with Crippen LogP contribution in [0.3, 0.4) is 0 Å². The number of aliphatic imine (C=N–C) groups is 1. The summed E-state index contributed by atoms with van der Waals surface area (Å²) in [7, 11) is 2.17. The summed E-state index contributed by atoms with van der Waals surface area (Å²) in [6, 6.07) is 4.12. The van der Waals surface area contributed by atoms with Crippen molar-refractivity contribution in [2.75, 3.05) is 51.2 Å². The molecule has 2 aliphatic rings. The Balaban J connectivity index is 1.87. The lowest BCUT2D eigenvalue weighted by molar-refractivity contribution is 0.312. The Morgan fingerprint density at radius 2 is 2.05 bits per heavy atom. The molecule has 0 atom stereocenters. The van der Waals surface area contributed by atoms with E-state index >= 15 is 0 Å². The monoisotopic (exact) mass is 259 g/mol. The number of nitrogens with zero attached hydrogens (tertiary/aromatic N) is 4. The van der Waals surface area contributed by atoms with Crippen molar-refractivity contribution in [3.63, 3.8) is 0 Å². The van der Waals surface area contributed by atoms with Gasteiger partial charge in [0.05, 0.1) is 5.56 Å². The smallest absolute Gasteiger partial charge is 0.139 e. The third-order valence-corrected chi connectivity index (χ3v) is 3.74. The van der Waals surface area contributed by atoms with Crippen LogP contribution in [0, 0.1) is 0 Å². The topological polar surface area (TPSA) is 43.8 Å². The average molecular weight is 259 g/mol. The maximum atomic E-state index is 4.60. The second-order valence-electron chi connectivity index (χ2n) is 5.18. The number of pyridine rings is 1. The highest BCUT2D eigenvalue weighted by atomic mass is 15.3. The number of aromatic nitrogens is 1. The molecule has 2 aliphatic heterocycles. The number of hydrogen-bond acceptors (Lipinski definition) is 5. The Morgan fingerprint density at radius 3 is 2.79 bits per heavy atom. The van der Waals surface area contributed by atoms with Crippen molar-refractivity contribution in [2.24, 2.45) is 4.99 Å². The van der Waals surface area contributed by atoms with Gasteiger partial charge in [-0.1, -0.05) is 0 Å². The second kappa shape index (κ2) is 5.57. The zero-order valence-corrected chi connectivity index (χ0v) is 11.5. The summed E-state index contributed by atoms with van der Waals surface area (Å²) in [5.74, 6) is 2.08. The van der Waals surface area contributed by atoms with Gasteiger partial charge in [0.1, 0.15) is 11.7 Å². The Bertz CT molecular complexity index is 463. The molecule has 0 aromatic carbocycles. The second-order valence-corrected chi connectivity index (χ2v) is 5.18. The first-order chi connectivity index (χ1) is 9.34. The van der Waals surface area contributed by atoms with E-state index in [1.165, 1.54) is 0 Å². The Hall–Kier alpha value is -1.62. The van der Waals surface area contributed by atoms with Crippen molar-refractivity contribution >= 4 is 11.7 Å². The van der Waals surface area contributed by atoms with Gasteiger partial charge in [-0.2, -0.15) is 0 Å². The number of nitrogens with one attached hydrogen (secondary N) is 1. The Kier molecular flexibility index (Phi) is 3.64. The molecule has 0 saturated carbocycles. The summed E-state index contributed by atoms with van der Waals surface area (Å²) in [5, 5.41) is 3.40. The summed E-state index contributed by atoms with van der Waals surface area (Å²) in [6.07, 6.45) is 2.99. The van der Waals surface area contributed by atoms with Gasteiger partial charge < -0.3 is 15.1 Å². The van der Waals surface area contributed by atoms with E-state index in [1.54, 1.807) is 0 Å². The van der Waals surface area contributed by atoms with Gasteiger partial charge in [0.15, 0.2) is 0 Å². The Labute approximate surface area is 114 Å². The lowest BCUT2D eigenvalue weighted by Crippen LogP contribution is -2.45. The highest BCUT2D eigenvalue weighted by molar-refractivity contribution is 6.03. The zero-order chi connectivity index (χ0) is 13.1. The minimum Gasteiger partial charge on any atom is -0.370 e. The molecule has 1 aromatic rings. The van der Waals surface area contributed by atoms with E-state index < -0.39 is 0 Å². The van der Waals surface area contributed by atoms with Crippen LogP contribution < -0.4 is 10.2 Å². The van der Waals surface area contributed by atoms with E-state index in [0.29, 0.717) is 0 Å². The van der Waals surface area contributed by atoms with Crippen LogP contribution in [0.5, 0.6) is 0 Å². The molecule has 5 heteroatoms. The predicted octanol–water partition coefficient (Wildman–Crippen LogP) is 0.573. The fraction of sp³-hybridized carbons (Fsp3) is 0.571. The number of rotatable bonds is 2. The molecule has 0 aliphatic carbocycles. The molecule has 1 N–H and O–H groups in total.